The number of nitrogens with one attached hydrogen (secondary N) is 3. The third-order valence-electron chi connectivity index (χ3n) is 5.09. The van der Waals surface area contributed by atoms with Gasteiger partial charge in [0.2, 0.25) is 5.91 Å². The first kappa shape index (κ1) is 21.4. The van der Waals surface area contributed by atoms with Crippen LogP contribution in [0.25, 0.3) is 0 Å². The summed E-state index contributed by atoms with van der Waals surface area (Å²) in [4.78, 5) is 36.8. The van der Waals surface area contributed by atoms with Crippen LogP contribution in [0.1, 0.15) is 59.7 Å². The van der Waals surface area contributed by atoms with Crippen molar-refractivity contribution >= 4 is 23.4 Å². The molecule has 2 aromatic rings. The van der Waals surface area contributed by atoms with Gasteiger partial charge in [-0.25, -0.2) is 0 Å². The van der Waals surface area contributed by atoms with Crippen LogP contribution in [0.3, 0.4) is 0 Å². The molecule has 2 aromatic carbocycles. The Labute approximate surface area is 176 Å². The van der Waals surface area contributed by atoms with Crippen molar-refractivity contribution in [2.24, 2.45) is 5.92 Å². The molecule has 3 N–H and O–H groups in total. The summed E-state index contributed by atoms with van der Waals surface area (Å²) in [5, 5.41) is 2.91. The largest absolute Gasteiger partial charge is 0.494 e. The third kappa shape index (κ3) is 5.83. The lowest BCUT2D eigenvalue weighted by atomic mass is 9.88. The molecule has 158 valence electrons. The molecule has 0 aromatic heterocycles. The van der Waals surface area contributed by atoms with Crippen LogP contribution in [0, 0.1) is 5.92 Å². The van der Waals surface area contributed by atoms with Crippen molar-refractivity contribution < 1.29 is 19.1 Å². The first-order chi connectivity index (χ1) is 14.6. The fourth-order valence-corrected chi connectivity index (χ4v) is 3.47. The van der Waals surface area contributed by atoms with Gasteiger partial charge in [-0.05, 0) is 62.2 Å². The first-order valence-corrected chi connectivity index (χ1v) is 10.3. The SMILES string of the molecule is CCOc1cccc(C(=O)NNC(=O)c2ccc(NC(=O)C3CCCCC3)cc2)c1. The molecular weight excluding hydrogens is 382 g/mol. The van der Waals surface area contributed by atoms with Gasteiger partial charge in [0.1, 0.15) is 5.75 Å². The van der Waals surface area contributed by atoms with Crippen molar-refractivity contribution in [1.29, 1.82) is 0 Å². The maximum atomic E-state index is 12.3. The van der Waals surface area contributed by atoms with Crippen LogP contribution in [0.2, 0.25) is 0 Å². The third-order valence-corrected chi connectivity index (χ3v) is 5.09. The summed E-state index contributed by atoms with van der Waals surface area (Å²) in [6.07, 6.45) is 5.25. The van der Waals surface area contributed by atoms with E-state index in [2.05, 4.69) is 16.2 Å². The number of benzene rings is 2. The Hall–Kier alpha value is -3.35. The van der Waals surface area contributed by atoms with Gasteiger partial charge >= 0.3 is 0 Å². The number of carbonyl (C=O) groups excluding carboxylic acids is 3. The van der Waals surface area contributed by atoms with E-state index in [0.717, 1.165) is 25.7 Å². The van der Waals surface area contributed by atoms with Crippen molar-refractivity contribution in [2.75, 3.05) is 11.9 Å². The van der Waals surface area contributed by atoms with Gasteiger partial charge in [-0.3, -0.25) is 25.2 Å². The van der Waals surface area contributed by atoms with Gasteiger partial charge in [0.05, 0.1) is 6.61 Å². The van der Waals surface area contributed by atoms with Crippen LogP contribution >= 0.6 is 0 Å². The topological polar surface area (TPSA) is 96.5 Å². The molecule has 0 heterocycles. The summed E-state index contributed by atoms with van der Waals surface area (Å²) in [7, 11) is 0. The highest BCUT2D eigenvalue weighted by Gasteiger charge is 2.21. The summed E-state index contributed by atoms with van der Waals surface area (Å²) in [5.41, 5.74) is 6.18. The summed E-state index contributed by atoms with van der Waals surface area (Å²) in [5.74, 6) is -0.204. The molecule has 0 saturated heterocycles. The number of carbonyl (C=O) groups is 3. The van der Waals surface area contributed by atoms with Crippen molar-refractivity contribution in [3.63, 3.8) is 0 Å². The van der Waals surface area contributed by atoms with E-state index >= 15 is 0 Å². The molecule has 0 unspecified atom stereocenters. The van der Waals surface area contributed by atoms with Gasteiger partial charge < -0.3 is 10.1 Å². The lowest BCUT2D eigenvalue weighted by molar-refractivity contribution is -0.120. The minimum atomic E-state index is -0.450. The summed E-state index contributed by atoms with van der Waals surface area (Å²) in [6, 6.07) is 13.3. The molecule has 0 aliphatic heterocycles. The van der Waals surface area contributed by atoms with E-state index in [1.54, 1.807) is 48.5 Å². The lowest BCUT2D eigenvalue weighted by Gasteiger charge is -2.20. The molecule has 1 aliphatic rings. The number of hydrazine groups is 1. The van der Waals surface area contributed by atoms with Crippen LogP contribution in [-0.4, -0.2) is 24.3 Å². The van der Waals surface area contributed by atoms with E-state index in [-0.39, 0.29) is 11.8 Å². The number of hydrogen-bond acceptors (Lipinski definition) is 4. The first-order valence-electron chi connectivity index (χ1n) is 10.3. The van der Waals surface area contributed by atoms with Gasteiger partial charge in [0, 0.05) is 22.7 Å². The van der Waals surface area contributed by atoms with Gasteiger partial charge in [-0.2, -0.15) is 0 Å². The highest BCUT2D eigenvalue weighted by molar-refractivity contribution is 5.99. The maximum Gasteiger partial charge on any atom is 0.269 e. The van der Waals surface area contributed by atoms with Crippen LogP contribution in [0.15, 0.2) is 48.5 Å². The van der Waals surface area contributed by atoms with Gasteiger partial charge in [-0.15, -0.1) is 0 Å². The van der Waals surface area contributed by atoms with E-state index in [9.17, 15) is 14.4 Å². The smallest absolute Gasteiger partial charge is 0.269 e. The molecule has 0 radical (unpaired) electrons. The molecule has 1 saturated carbocycles. The Bertz CT molecular complexity index is 890. The van der Waals surface area contributed by atoms with Crippen LogP contribution in [0.4, 0.5) is 5.69 Å². The van der Waals surface area contributed by atoms with Crippen LogP contribution in [-0.2, 0) is 4.79 Å². The number of hydrogen-bond donors (Lipinski definition) is 3. The standard InChI is InChI=1S/C23H27N3O4/c1-2-30-20-10-6-9-18(15-20)23(29)26-25-22(28)17-11-13-19(14-12-17)24-21(27)16-7-4-3-5-8-16/h6,9-16H,2-5,7-8H2,1H3,(H,24,27)(H,25,28)(H,26,29). The van der Waals surface area contributed by atoms with E-state index in [1.807, 2.05) is 6.92 Å². The predicted octanol–water partition coefficient (Wildman–Crippen LogP) is 3.68. The summed E-state index contributed by atoms with van der Waals surface area (Å²) < 4.78 is 5.37. The second-order valence-corrected chi connectivity index (χ2v) is 7.27. The van der Waals surface area contributed by atoms with Crippen molar-refractivity contribution in [2.45, 2.75) is 39.0 Å². The average Bonchev–Trinajstić information content (AvgIpc) is 2.78. The zero-order valence-corrected chi connectivity index (χ0v) is 17.1. The Morgan fingerprint density at radius 2 is 1.57 bits per heavy atom. The maximum absolute atomic E-state index is 12.3. The van der Waals surface area contributed by atoms with Crippen molar-refractivity contribution in [3.05, 3.63) is 59.7 Å². The molecule has 3 amide bonds. The van der Waals surface area contributed by atoms with Gasteiger partial charge in [0.25, 0.3) is 11.8 Å². The number of ether oxygens (including phenoxy) is 1. The molecule has 3 rings (SSSR count). The van der Waals surface area contributed by atoms with Gasteiger partial charge in [0.15, 0.2) is 0 Å². The summed E-state index contributed by atoms with van der Waals surface area (Å²) in [6.45, 7) is 2.36. The second-order valence-electron chi connectivity index (χ2n) is 7.27. The fourth-order valence-electron chi connectivity index (χ4n) is 3.47. The zero-order valence-electron chi connectivity index (χ0n) is 17.1. The minimum absolute atomic E-state index is 0.0356. The van der Waals surface area contributed by atoms with E-state index < -0.39 is 11.8 Å². The number of rotatable bonds is 6. The number of amides is 3. The van der Waals surface area contributed by atoms with Crippen molar-refractivity contribution in [1.82, 2.24) is 10.9 Å². The Kier molecular flexibility index (Phi) is 7.43. The van der Waals surface area contributed by atoms with Crippen molar-refractivity contribution in [3.8, 4) is 5.75 Å². The Morgan fingerprint density at radius 3 is 2.23 bits per heavy atom. The highest BCUT2D eigenvalue weighted by atomic mass is 16.5. The lowest BCUT2D eigenvalue weighted by Crippen LogP contribution is -2.41. The molecule has 7 nitrogen and oxygen atoms in total. The molecular formula is C23H27N3O4. The van der Waals surface area contributed by atoms with E-state index in [4.69, 9.17) is 4.74 Å². The predicted molar refractivity (Wildman–Crippen MR) is 114 cm³/mol. The Morgan fingerprint density at radius 1 is 0.900 bits per heavy atom. The van der Waals surface area contributed by atoms with Gasteiger partial charge in [-0.1, -0.05) is 25.3 Å². The highest BCUT2D eigenvalue weighted by Crippen LogP contribution is 2.25. The zero-order chi connectivity index (χ0) is 21.3. The van der Waals surface area contributed by atoms with Crippen LogP contribution < -0.4 is 20.9 Å². The second kappa shape index (κ2) is 10.4. The van der Waals surface area contributed by atoms with E-state index in [0.29, 0.717) is 29.2 Å². The molecule has 30 heavy (non-hydrogen) atoms. The molecule has 0 spiro atoms. The molecule has 7 heteroatoms. The molecule has 1 fully saturated rings. The monoisotopic (exact) mass is 409 g/mol. The average molecular weight is 409 g/mol. The summed E-state index contributed by atoms with van der Waals surface area (Å²) >= 11 is 0. The molecule has 0 bridgehead atoms. The minimum Gasteiger partial charge on any atom is -0.494 e. The van der Waals surface area contributed by atoms with Crippen LogP contribution in [0.5, 0.6) is 5.75 Å². The fraction of sp³-hybridized carbons (Fsp3) is 0.348. The Balaban J connectivity index is 1.51. The van der Waals surface area contributed by atoms with E-state index in [1.165, 1.54) is 6.42 Å². The number of anilines is 1. The quantitative estimate of drug-likeness (QED) is 0.634. The molecule has 1 aliphatic carbocycles. The molecule has 0 atom stereocenters. The normalized spacial score (nSPS) is 13.9.